The average Bonchev–Trinajstić information content (AvgIpc) is 3.13. The van der Waals surface area contributed by atoms with E-state index in [-0.39, 0.29) is 12.2 Å². The molecule has 2 fully saturated rings. The van der Waals surface area contributed by atoms with Gasteiger partial charge in [0.05, 0.1) is 12.7 Å². The summed E-state index contributed by atoms with van der Waals surface area (Å²) in [6.07, 6.45) is 2.26. The van der Waals surface area contributed by atoms with Crippen LogP contribution in [-0.4, -0.2) is 73.0 Å². The normalized spacial score (nSPS) is 20.6. The fourth-order valence-corrected chi connectivity index (χ4v) is 3.16. The average molecular weight is 349 g/mol. The molecular weight excluding hydrogens is 322 g/mol. The van der Waals surface area contributed by atoms with Gasteiger partial charge in [0.1, 0.15) is 17.5 Å². The van der Waals surface area contributed by atoms with Gasteiger partial charge in [-0.15, -0.1) is 0 Å². The zero-order valence-corrected chi connectivity index (χ0v) is 15.0. The fourth-order valence-electron chi connectivity index (χ4n) is 3.16. The van der Waals surface area contributed by atoms with Crippen molar-refractivity contribution in [2.45, 2.75) is 32.8 Å². The molecule has 1 atom stereocenters. The number of hydrogen-bond donors (Lipinski definition) is 1. The maximum atomic E-state index is 11.8. The molecule has 1 aromatic heterocycles. The second kappa shape index (κ2) is 8.33. The zero-order valence-electron chi connectivity index (χ0n) is 15.0. The smallest absolute Gasteiger partial charge is 0.409 e. The summed E-state index contributed by atoms with van der Waals surface area (Å²) in [5.74, 6) is 2.46. The van der Waals surface area contributed by atoms with Gasteiger partial charge in [-0.3, -0.25) is 0 Å². The van der Waals surface area contributed by atoms with Crippen molar-refractivity contribution in [3.63, 3.8) is 0 Å². The molecule has 8 nitrogen and oxygen atoms in total. The van der Waals surface area contributed by atoms with E-state index in [0.717, 1.165) is 56.5 Å². The highest BCUT2D eigenvalue weighted by Crippen LogP contribution is 2.19. The van der Waals surface area contributed by atoms with E-state index in [0.29, 0.717) is 19.7 Å². The van der Waals surface area contributed by atoms with E-state index in [9.17, 15) is 4.79 Å². The second-order valence-corrected chi connectivity index (χ2v) is 6.35. The Kier molecular flexibility index (Phi) is 5.91. The van der Waals surface area contributed by atoms with Gasteiger partial charge in [0.25, 0.3) is 0 Å². The summed E-state index contributed by atoms with van der Waals surface area (Å²) in [6.45, 7) is 8.50. The molecule has 3 rings (SSSR count). The number of rotatable bonds is 5. The van der Waals surface area contributed by atoms with Gasteiger partial charge in [-0.1, -0.05) is 0 Å². The minimum absolute atomic E-state index is 0.236. The molecule has 0 radical (unpaired) electrons. The molecule has 3 heterocycles. The number of hydrogen-bond acceptors (Lipinski definition) is 7. The molecule has 25 heavy (non-hydrogen) atoms. The molecule has 2 aliphatic rings. The number of aromatic nitrogens is 2. The van der Waals surface area contributed by atoms with Crippen LogP contribution in [0.25, 0.3) is 0 Å². The van der Waals surface area contributed by atoms with Crippen molar-refractivity contribution in [2.24, 2.45) is 0 Å². The summed E-state index contributed by atoms with van der Waals surface area (Å²) >= 11 is 0. The van der Waals surface area contributed by atoms with Crippen LogP contribution < -0.4 is 10.2 Å². The van der Waals surface area contributed by atoms with Crippen molar-refractivity contribution in [1.82, 2.24) is 14.9 Å². The first-order valence-electron chi connectivity index (χ1n) is 9.03. The molecule has 2 saturated heterocycles. The number of nitrogens with zero attached hydrogens (tertiary/aromatic N) is 4. The third-order valence-electron chi connectivity index (χ3n) is 4.49. The molecule has 138 valence electrons. The van der Waals surface area contributed by atoms with Crippen LogP contribution in [-0.2, 0) is 9.47 Å². The first-order chi connectivity index (χ1) is 12.2. The van der Waals surface area contributed by atoms with Crippen LogP contribution in [0.2, 0.25) is 0 Å². The third kappa shape index (κ3) is 4.72. The van der Waals surface area contributed by atoms with Crippen molar-refractivity contribution < 1.29 is 14.3 Å². The van der Waals surface area contributed by atoms with E-state index in [2.05, 4.69) is 20.2 Å². The van der Waals surface area contributed by atoms with E-state index in [1.54, 1.807) is 4.90 Å². The number of aryl methyl sites for hydroxylation is 1. The lowest BCUT2D eigenvalue weighted by molar-refractivity contribution is 0.105. The highest BCUT2D eigenvalue weighted by atomic mass is 16.6. The van der Waals surface area contributed by atoms with Crippen LogP contribution in [0.4, 0.5) is 16.4 Å². The van der Waals surface area contributed by atoms with Crippen molar-refractivity contribution >= 4 is 17.7 Å². The molecule has 0 saturated carbocycles. The van der Waals surface area contributed by atoms with Crippen LogP contribution in [0, 0.1) is 6.92 Å². The Balaban J connectivity index is 1.57. The summed E-state index contributed by atoms with van der Waals surface area (Å²) < 4.78 is 10.7. The van der Waals surface area contributed by atoms with Crippen LogP contribution in [0.5, 0.6) is 0 Å². The van der Waals surface area contributed by atoms with Gasteiger partial charge in [0.2, 0.25) is 0 Å². The SMILES string of the molecule is CCOC(=O)N1CCN(c2cc(NCC3CCCO3)nc(C)n2)CC1. The lowest BCUT2D eigenvalue weighted by Gasteiger charge is -2.34. The fraction of sp³-hybridized carbons (Fsp3) is 0.706. The Bertz CT molecular complexity index is 584. The summed E-state index contributed by atoms with van der Waals surface area (Å²) in [5.41, 5.74) is 0. The van der Waals surface area contributed by atoms with Gasteiger partial charge in [-0.25, -0.2) is 14.8 Å². The van der Waals surface area contributed by atoms with Crippen molar-refractivity contribution in [1.29, 1.82) is 0 Å². The standard InChI is InChI=1S/C17H27N5O3/c1-3-24-17(23)22-8-6-21(7-9-22)16-11-15(19-13(2)20-16)18-12-14-5-4-10-25-14/h11,14H,3-10,12H2,1-2H3,(H,18,19,20). The largest absolute Gasteiger partial charge is 0.450 e. The molecule has 0 aromatic carbocycles. The minimum Gasteiger partial charge on any atom is -0.450 e. The second-order valence-electron chi connectivity index (χ2n) is 6.35. The monoisotopic (exact) mass is 349 g/mol. The van der Waals surface area contributed by atoms with Crippen LogP contribution in [0.15, 0.2) is 6.07 Å². The first kappa shape index (κ1) is 17.7. The molecule has 2 aliphatic heterocycles. The first-order valence-corrected chi connectivity index (χ1v) is 9.03. The number of ether oxygens (including phenoxy) is 2. The number of nitrogens with one attached hydrogen (secondary N) is 1. The quantitative estimate of drug-likeness (QED) is 0.866. The van der Waals surface area contributed by atoms with E-state index in [4.69, 9.17) is 9.47 Å². The number of carbonyl (C=O) groups excluding carboxylic acids is 1. The molecule has 8 heteroatoms. The van der Waals surface area contributed by atoms with Gasteiger partial charge < -0.3 is 24.6 Å². The van der Waals surface area contributed by atoms with E-state index in [1.165, 1.54) is 0 Å². The van der Waals surface area contributed by atoms with E-state index in [1.807, 2.05) is 19.9 Å². The molecule has 1 aromatic rings. The summed E-state index contributed by atoms with van der Waals surface area (Å²) in [7, 11) is 0. The number of carbonyl (C=O) groups is 1. The van der Waals surface area contributed by atoms with Crippen molar-refractivity contribution in [2.75, 3.05) is 56.2 Å². The number of amides is 1. The lowest BCUT2D eigenvalue weighted by atomic mass is 10.2. The van der Waals surface area contributed by atoms with Crippen LogP contribution in [0.3, 0.4) is 0 Å². The zero-order chi connectivity index (χ0) is 17.6. The Morgan fingerprint density at radius 2 is 2.16 bits per heavy atom. The third-order valence-corrected chi connectivity index (χ3v) is 4.49. The molecule has 1 N–H and O–H groups in total. The van der Waals surface area contributed by atoms with Gasteiger partial charge in [0, 0.05) is 45.4 Å². The minimum atomic E-state index is -0.236. The molecule has 1 unspecified atom stereocenters. The lowest BCUT2D eigenvalue weighted by Crippen LogP contribution is -2.49. The van der Waals surface area contributed by atoms with Gasteiger partial charge in [-0.05, 0) is 26.7 Å². The molecular formula is C17H27N5O3. The molecule has 1 amide bonds. The maximum absolute atomic E-state index is 11.8. The summed E-state index contributed by atoms with van der Waals surface area (Å²) in [6, 6.07) is 1.97. The molecule has 0 spiro atoms. The Labute approximate surface area is 148 Å². The van der Waals surface area contributed by atoms with Gasteiger partial charge in [0.15, 0.2) is 0 Å². The van der Waals surface area contributed by atoms with Crippen molar-refractivity contribution in [3.05, 3.63) is 11.9 Å². The van der Waals surface area contributed by atoms with Crippen LogP contribution >= 0.6 is 0 Å². The predicted octanol–water partition coefficient (Wildman–Crippen LogP) is 1.65. The summed E-state index contributed by atoms with van der Waals surface area (Å²) in [4.78, 5) is 24.7. The molecule has 0 aliphatic carbocycles. The summed E-state index contributed by atoms with van der Waals surface area (Å²) in [5, 5.41) is 3.36. The maximum Gasteiger partial charge on any atom is 0.409 e. The van der Waals surface area contributed by atoms with Gasteiger partial charge >= 0.3 is 6.09 Å². The van der Waals surface area contributed by atoms with Crippen LogP contribution in [0.1, 0.15) is 25.6 Å². The predicted molar refractivity (Wildman–Crippen MR) is 95.0 cm³/mol. The van der Waals surface area contributed by atoms with Crippen molar-refractivity contribution in [3.8, 4) is 0 Å². The number of piperazine rings is 1. The topological polar surface area (TPSA) is 79.8 Å². The Morgan fingerprint density at radius 1 is 1.36 bits per heavy atom. The van der Waals surface area contributed by atoms with Gasteiger partial charge in [-0.2, -0.15) is 0 Å². The van der Waals surface area contributed by atoms with E-state index < -0.39 is 0 Å². The molecule has 0 bridgehead atoms. The number of anilines is 2. The Morgan fingerprint density at radius 3 is 2.84 bits per heavy atom. The van der Waals surface area contributed by atoms with E-state index >= 15 is 0 Å². The highest BCUT2D eigenvalue weighted by Gasteiger charge is 2.23. The Hall–Kier alpha value is -2.09. The highest BCUT2D eigenvalue weighted by molar-refractivity contribution is 5.68.